The van der Waals surface area contributed by atoms with Crippen molar-refractivity contribution in [2.24, 2.45) is 5.73 Å². The molecule has 0 saturated heterocycles. The number of aromatic nitrogens is 3. The Balaban J connectivity index is 2.03. The first-order valence-corrected chi connectivity index (χ1v) is 7.62. The molecule has 0 radical (unpaired) electrons. The highest BCUT2D eigenvalue weighted by atomic mass is 19.1. The number of nitrogens with zero attached hydrogens (tertiary/aromatic N) is 3. The lowest BCUT2D eigenvalue weighted by Crippen LogP contribution is -2.15. The van der Waals surface area contributed by atoms with Crippen molar-refractivity contribution in [1.82, 2.24) is 14.8 Å². The molecule has 0 saturated carbocycles. The van der Waals surface area contributed by atoms with Crippen LogP contribution in [0.2, 0.25) is 0 Å². The molecule has 0 aliphatic heterocycles. The number of carbonyl (C=O) groups is 1. The quantitative estimate of drug-likeness (QED) is 0.625. The molecule has 0 fully saturated rings. The van der Waals surface area contributed by atoms with Gasteiger partial charge in [-0.05, 0) is 18.2 Å². The number of rotatable bonds is 3. The minimum atomic E-state index is -0.826. The van der Waals surface area contributed by atoms with Crippen LogP contribution in [0.5, 0.6) is 0 Å². The first-order valence-electron chi connectivity index (χ1n) is 7.62. The van der Waals surface area contributed by atoms with Crippen molar-refractivity contribution in [2.75, 3.05) is 0 Å². The molecule has 122 valence electrons. The van der Waals surface area contributed by atoms with Crippen molar-refractivity contribution in [1.29, 1.82) is 0 Å². The number of hydrogen-bond acceptors (Lipinski definition) is 3. The van der Waals surface area contributed by atoms with E-state index < -0.39 is 11.7 Å². The van der Waals surface area contributed by atoms with E-state index in [0.29, 0.717) is 11.1 Å². The van der Waals surface area contributed by atoms with Crippen molar-refractivity contribution in [2.45, 2.75) is 0 Å². The topological polar surface area (TPSA) is 73.8 Å². The highest BCUT2D eigenvalue weighted by Crippen LogP contribution is 2.31. The van der Waals surface area contributed by atoms with E-state index >= 15 is 4.39 Å². The fourth-order valence-electron chi connectivity index (χ4n) is 2.81. The second-order valence-corrected chi connectivity index (χ2v) is 5.56. The van der Waals surface area contributed by atoms with Gasteiger partial charge in [-0.15, -0.1) is 0 Å². The monoisotopic (exact) mass is 332 g/mol. The molecule has 25 heavy (non-hydrogen) atoms. The van der Waals surface area contributed by atoms with Gasteiger partial charge in [0.2, 0.25) is 0 Å². The zero-order valence-corrected chi connectivity index (χ0v) is 13.1. The molecule has 1 amide bonds. The summed E-state index contributed by atoms with van der Waals surface area (Å²) in [4.78, 5) is 15.6. The molecule has 2 aromatic heterocycles. The normalized spacial score (nSPS) is 10.9. The number of halogens is 1. The van der Waals surface area contributed by atoms with Gasteiger partial charge in [-0.2, -0.15) is 5.10 Å². The molecule has 4 rings (SSSR count). The van der Waals surface area contributed by atoms with Crippen LogP contribution in [0.3, 0.4) is 0 Å². The van der Waals surface area contributed by atoms with Crippen LogP contribution in [0.4, 0.5) is 4.39 Å². The number of nitrogens with two attached hydrogens (primary N) is 1. The first-order chi connectivity index (χ1) is 12.1. The Labute approximate surface area is 142 Å². The standard InChI is InChI=1S/C19H13FN4O/c20-17-15(19(21)25)8-7-14(12-5-3-9-22-10-12)18(17)24-11-13-4-1-2-6-16(13)23-24/h1-11H,(H2,21,25). The van der Waals surface area contributed by atoms with Crippen LogP contribution in [0.1, 0.15) is 10.4 Å². The van der Waals surface area contributed by atoms with E-state index in [1.165, 1.54) is 10.7 Å². The molecular weight excluding hydrogens is 319 g/mol. The van der Waals surface area contributed by atoms with E-state index in [9.17, 15) is 4.79 Å². The fourth-order valence-corrected chi connectivity index (χ4v) is 2.81. The van der Waals surface area contributed by atoms with Gasteiger partial charge < -0.3 is 5.73 Å². The molecular formula is C19H13FN4O. The van der Waals surface area contributed by atoms with Crippen LogP contribution in [-0.2, 0) is 0 Å². The van der Waals surface area contributed by atoms with Crippen molar-refractivity contribution < 1.29 is 9.18 Å². The molecule has 0 atom stereocenters. The lowest BCUT2D eigenvalue weighted by atomic mass is 10.0. The molecule has 0 aliphatic carbocycles. The SMILES string of the molecule is NC(=O)c1ccc(-c2cccnc2)c(-n2cc3ccccc3n2)c1F. The molecule has 0 spiro atoms. The predicted octanol–water partition coefficient (Wildman–Crippen LogP) is 3.33. The third-order valence-corrected chi connectivity index (χ3v) is 4.00. The molecule has 0 aliphatic rings. The molecule has 2 aromatic carbocycles. The van der Waals surface area contributed by atoms with E-state index in [2.05, 4.69) is 10.1 Å². The molecule has 0 unspecified atom stereocenters. The van der Waals surface area contributed by atoms with Crippen molar-refractivity contribution in [3.05, 3.63) is 78.5 Å². The number of pyridine rings is 1. The third kappa shape index (κ3) is 2.53. The van der Waals surface area contributed by atoms with Crippen molar-refractivity contribution >= 4 is 16.8 Å². The van der Waals surface area contributed by atoms with Crippen LogP contribution in [-0.4, -0.2) is 20.7 Å². The molecule has 6 heteroatoms. The Bertz CT molecular complexity index is 1060. The number of hydrogen-bond donors (Lipinski definition) is 1. The second kappa shape index (κ2) is 5.83. The lowest BCUT2D eigenvalue weighted by molar-refractivity contribution is 0.0996. The zero-order valence-electron chi connectivity index (χ0n) is 13.1. The Morgan fingerprint density at radius 2 is 1.92 bits per heavy atom. The smallest absolute Gasteiger partial charge is 0.251 e. The average molecular weight is 332 g/mol. The number of benzene rings is 2. The van der Waals surface area contributed by atoms with Crippen LogP contribution >= 0.6 is 0 Å². The summed E-state index contributed by atoms with van der Waals surface area (Å²) in [5.41, 5.74) is 7.31. The van der Waals surface area contributed by atoms with E-state index in [4.69, 9.17) is 5.73 Å². The summed E-state index contributed by atoms with van der Waals surface area (Å²) in [5.74, 6) is -1.53. The minimum Gasteiger partial charge on any atom is -0.366 e. The van der Waals surface area contributed by atoms with Crippen LogP contribution in [0, 0.1) is 5.82 Å². The molecule has 2 N–H and O–H groups in total. The van der Waals surface area contributed by atoms with Crippen LogP contribution < -0.4 is 5.73 Å². The molecule has 4 aromatic rings. The van der Waals surface area contributed by atoms with Crippen molar-refractivity contribution in [3.8, 4) is 16.8 Å². The summed E-state index contributed by atoms with van der Waals surface area (Å²) in [6.45, 7) is 0. The van der Waals surface area contributed by atoms with E-state index in [1.807, 2.05) is 30.3 Å². The van der Waals surface area contributed by atoms with E-state index in [0.717, 1.165) is 10.9 Å². The molecule has 5 nitrogen and oxygen atoms in total. The highest BCUT2D eigenvalue weighted by molar-refractivity contribution is 5.95. The summed E-state index contributed by atoms with van der Waals surface area (Å²) in [6, 6.07) is 14.1. The summed E-state index contributed by atoms with van der Waals surface area (Å²) in [7, 11) is 0. The maximum absolute atomic E-state index is 15.1. The Hall–Kier alpha value is -3.54. The maximum atomic E-state index is 15.1. The highest BCUT2D eigenvalue weighted by Gasteiger charge is 2.20. The van der Waals surface area contributed by atoms with Gasteiger partial charge in [-0.3, -0.25) is 9.78 Å². The summed E-state index contributed by atoms with van der Waals surface area (Å²) in [6.07, 6.45) is 4.99. The van der Waals surface area contributed by atoms with Crippen molar-refractivity contribution in [3.63, 3.8) is 0 Å². The molecule has 2 heterocycles. The number of amides is 1. The number of primary amides is 1. The Kier molecular flexibility index (Phi) is 3.50. The van der Waals surface area contributed by atoms with Crippen LogP contribution in [0.25, 0.3) is 27.7 Å². The van der Waals surface area contributed by atoms with Gasteiger partial charge in [0.05, 0.1) is 11.1 Å². The van der Waals surface area contributed by atoms with Gasteiger partial charge in [0.15, 0.2) is 5.82 Å². The summed E-state index contributed by atoms with van der Waals surface area (Å²) in [5, 5.41) is 5.30. The summed E-state index contributed by atoms with van der Waals surface area (Å²) < 4.78 is 16.5. The van der Waals surface area contributed by atoms with E-state index in [1.54, 1.807) is 30.7 Å². The lowest BCUT2D eigenvalue weighted by Gasteiger charge is -2.13. The average Bonchev–Trinajstić information content (AvgIpc) is 3.05. The first kappa shape index (κ1) is 15.0. The number of carbonyl (C=O) groups excluding carboxylic acids is 1. The number of fused-ring (bicyclic) bond motifs is 1. The van der Waals surface area contributed by atoms with Gasteiger partial charge in [0.25, 0.3) is 5.91 Å². The van der Waals surface area contributed by atoms with Gasteiger partial charge in [0.1, 0.15) is 5.69 Å². The fraction of sp³-hybridized carbons (Fsp3) is 0. The minimum absolute atomic E-state index is 0.167. The van der Waals surface area contributed by atoms with Gasteiger partial charge >= 0.3 is 0 Å². The Morgan fingerprint density at radius 1 is 1.08 bits per heavy atom. The molecule has 0 bridgehead atoms. The largest absolute Gasteiger partial charge is 0.366 e. The van der Waals surface area contributed by atoms with Gasteiger partial charge in [-0.25, -0.2) is 9.07 Å². The third-order valence-electron chi connectivity index (χ3n) is 4.00. The predicted molar refractivity (Wildman–Crippen MR) is 92.8 cm³/mol. The zero-order chi connectivity index (χ0) is 17.4. The summed E-state index contributed by atoms with van der Waals surface area (Å²) >= 11 is 0. The van der Waals surface area contributed by atoms with Gasteiger partial charge in [0, 0.05) is 35.1 Å². The van der Waals surface area contributed by atoms with Gasteiger partial charge in [-0.1, -0.05) is 30.3 Å². The van der Waals surface area contributed by atoms with E-state index in [-0.39, 0.29) is 11.3 Å². The second-order valence-electron chi connectivity index (χ2n) is 5.56. The Morgan fingerprint density at radius 3 is 2.64 bits per heavy atom. The van der Waals surface area contributed by atoms with Crippen LogP contribution in [0.15, 0.2) is 67.1 Å². The maximum Gasteiger partial charge on any atom is 0.251 e.